The second-order valence-corrected chi connectivity index (χ2v) is 15.3. The summed E-state index contributed by atoms with van der Waals surface area (Å²) < 4.78 is 6.64. The first kappa shape index (κ1) is 33.2. The first-order valence-corrected chi connectivity index (χ1v) is 19.7. The van der Waals surface area contributed by atoms with Gasteiger partial charge in [-0.3, -0.25) is 4.99 Å². The quantitative estimate of drug-likeness (QED) is 0.173. The smallest absolute Gasteiger partial charge is 0.145 e. The van der Waals surface area contributed by atoms with Crippen LogP contribution >= 0.6 is 0 Å². The summed E-state index contributed by atoms with van der Waals surface area (Å²) in [5, 5.41) is 3.85. The molecule has 0 radical (unpaired) electrons. The van der Waals surface area contributed by atoms with Crippen molar-refractivity contribution in [3.05, 3.63) is 245 Å². The monoisotopic (exact) mass is 733 g/mol. The van der Waals surface area contributed by atoms with E-state index in [1.165, 1.54) is 38.9 Å². The number of nitrogens with one attached hydrogen (secondary N) is 1. The van der Waals surface area contributed by atoms with Gasteiger partial charge in [-0.1, -0.05) is 170 Å². The second kappa shape index (κ2) is 13.2. The summed E-state index contributed by atoms with van der Waals surface area (Å²) in [4.78, 5) is 5.30. The highest BCUT2D eigenvalue weighted by atomic mass is 16.5. The largest absolute Gasteiger partial charge is 0.457 e. The van der Waals surface area contributed by atoms with Crippen molar-refractivity contribution in [3.63, 3.8) is 0 Å². The molecule has 4 nitrogen and oxygen atoms in total. The van der Waals surface area contributed by atoms with Gasteiger partial charge in [-0.15, -0.1) is 0 Å². The van der Waals surface area contributed by atoms with Crippen LogP contribution < -0.4 is 15.8 Å². The van der Waals surface area contributed by atoms with Crippen LogP contribution in [0.3, 0.4) is 0 Å². The molecule has 2 aliphatic carbocycles. The summed E-state index contributed by atoms with van der Waals surface area (Å²) in [5.74, 6) is 2.01. The lowest BCUT2D eigenvalue weighted by Gasteiger charge is -2.43. The average molecular weight is 734 g/mol. The first-order chi connectivity index (χ1) is 28.1. The van der Waals surface area contributed by atoms with Crippen molar-refractivity contribution in [3.8, 4) is 33.8 Å². The molecule has 2 heterocycles. The molecule has 4 aliphatic rings. The third-order valence-electron chi connectivity index (χ3n) is 12.2. The topological polar surface area (TPSA) is 59.6 Å². The standard InChI is InChI=1S/C53H39N3O/c54-41-27-23-36(24-28-41)39-25-29-44-42(31-39)43-32-40(26-30-45(43)53(44)46-15-7-9-17-50(46)57-51-18-10-8-16-47(51)53)49-33-48(55-52(56-49)38-13-5-2-6-14-38)37-21-19-35(20-22-37)34-11-3-1-4-12-34/h1-33,43,45,52,56H,54H2. The Morgan fingerprint density at radius 1 is 0.561 bits per heavy atom. The molecule has 57 heavy (non-hydrogen) atoms. The van der Waals surface area contributed by atoms with Crippen LogP contribution in [0.5, 0.6) is 11.5 Å². The molecule has 0 saturated heterocycles. The number of allylic oxidation sites excluding steroid dienone is 4. The maximum absolute atomic E-state index is 6.64. The van der Waals surface area contributed by atoms with Crippen molar-refractivity contribution in [2.24, 2.45) is 10.9 Å². The molecule has 11 rings (SSSR count). The van der Waals surface area contributed by atoms with Gasteiger partial charge < -0.3 is 15.8 Å². The molecule has 3 N–H and O–H groups in total. The van der Waals surface area contributed by atoms with Gasteiger partial charge >= 0.3 is 0 Å². The summed E-state index contributed by atoms with van der Waals surface area (Å²) in [6.07, 6.45) is 9.27. The predicted octanol–water partition coefficient (Wildman–Crippen LogP) is 11.9. The number of anilines is 1. The second-order valence-electron chi connectivity index (χ2n) is 15.3. The average Bonchev–Trinajstić information content (AvgIpc) is 3.56. The molecular weight excluding hydrogens is 695 g/mol. The molecule has 3 unspecified atom stereocenters. The van der Waals surface area contributed by atoms with Crippen LogP contribution in [-0.2, 0) is 5.41 Å². The molecule has 0 bridgehead atoms. The fourth-order valence-electron chi connectivity index (χ4n) is 9.58. The minimum absolute atomic E-state index is 0.0818. The number of aliphatic imine (C=N–C) groups is 1. The maximum atomic E-state index is 6.64. The zero-order valence-corrected chi connectivity index (χ0v) is 31.2. The Morgan fingerprint density at radius 2 is 1.14 bits per heavy atom. The van der Waals surface area contributed by atoms with Gasteiger partial charge in [0.1, 0.15) is 17.7 Å². The number of benzene rings is 7. The van der Waals surface area contributed by atoms with E-state index in [0.29, 0.717) is 0 Å². The number of hydrogen-bond acceptors (Lipinski definition) is 4. The minimum Gasteiger partial charge on any atom is -0.457 e. The molecule has 2 aliphatic heterocycles. The predicted molar refractivity (Wildman–Crippen MR) is 231 cm³/mol. The van der Waals surface area contributed by atoms with Gasteiger partial charge in [0.05, 0.1) is 11.1 Å². The van der Waals surface area contributed by atoms with Crippen molar-refractivity contribution in [2.75, 3.05) is 5.73 Å². The number of hydrogen-bond donors (Lipinski definition) is 2. The number of fused-ring (bicyclic) bond motifs is 9. The van der Waals surface area contributed by atoms with E-state index in [2.05, 4.69) is 193 Å². The highest BCUT2D eigenvalue weighted by molar-refractivity contribution is 6.10. The Labute approximate surface area is 333 Å². The maximum Gasteiger partial charge on any atom is 0.145 e. The minimum atomic E-state index is -0.447. The molecule has 7 aromatic carbocycles. The number of nitrogen functional groups attached to an aromatic ring is 1. The Bertz CT molecular complexity index is 2750. The van der Waals surface area contributed by atoms with Crippen LogP contribution in [0.15, 0.2) is 216 Å². The number of rotatable bonds is 5. The van der Waals surface area contributed by atoms with Gasteiger partial charge in [0, 0.05) is 34.3 Å². The van der Waals surface area contributed by atoms with E-state index in [-0.39, 0.29) is 18.0 Å². The van der Waals surface area contributed by atoms with Gasteiger partial charge in [-0.25, -0.2) is 0 Å². The first-order valence-electron chi connectivity index (χ1n) is 19.7. The van der Waals surface area contributed by atoms with Crippen LogP contribution in [0.1, 0.15) is 45.5 Å². The number of nitrogens with zero attached hydrogens (tertiary/aromatic N) is 1. The number of ether oxygens (including phenoxy) is 1. The summed E-state index contributed by atoms with van der Waals surface area (Å²) >= 11 is 0. The Balaban J connectivity index is 1.06. The summed E-state index contributed by atoms with van der Waals surface area (Å²) in [6, 6.07) is 62.3. The number of nitrogens with two attached hydrogens (primary N) is 1. The van der Waals surface area contributed by atoms with Gasteiger partial charge in [0.15, 0.2) is 0 Å². The Morgan fingerprint density at radius 3 is 1.86 bits per heavy atom. The van der Waals surface area contributed by atoms with Crippen LogP contribution in [0.4, 0.5) is 5.69 Å². The molecule has 7 aromatic rings. The van der Waals surface area contributed by atoms with E-state index in [1.54, 1.807) is 0 Å². The van der Waals surface area contributed by atoms with Gasteiger partial charge in [-0.2, -0.15) is 0 Å². The zero-order chi connectivity index (χ0) is 37.9. The molecule has 0 amide bonds. The normalized spacial score (nSPS) is 19.4. The van der Waals surface area contributed by atoms with E-state index in [1.807, 2.05) is 12.1 Å². The molecule has 4 heteroatoms. The third-order valence-corrected chi connectivity index (χ3v) is 12.2. The zero-order valence-electron chi connectivity index (χ0n) is 31.2. The van der Waals surface area contributed by atoms with E-state index in [0.717, 1.165) is 50.9 Å². The van der Waals surface area contributed by atoms with Crippen LogP contribution in [0, 0.1) is 5.92 Å². The summed E-state index contributed by atoms with van der Waals surface area (Å²) in [7, 11) is 0. The molecule has 3 atom stereocenters. The fraction of sp³-hybridized carbons (Fsp3) is 0.0755. The van der Waals surface area contributed by atoms with Crippen LogP contribution in [-0.4, -0.2) is 5.71 Å². The van der Waals surface area contributed by atoms with E-state index in [9.17, 15) is 0 Å². The van der Waals surface area contributed by atoms with Gasteiger partial charge in [0.2, 0.25) is 0 Å². The molecule has 272 valence electrons. The van der Waals surface area contributed by atoms with Crippen molar-refractivity contribution in [1.82, 2.24) is 5.32 Å². The van der Waals surface area contributed by atoms with E-state index < -0.39 is 5.41 Å². The van der Waals surface area contributed by atoms with Crippen molar-refractivity contribution < 1.29 is 4.74 Å². The van der Waals surface area contributed by atoms with E-state index >= 15 is 0 Å². The van der Waals surface area contributed by atoms with Crippen LogP contribution in [0.25, 0.3) is 22.3 Å². The van der Waals surface area contributed by atoms with Crippen molar-refractivity contribution >= 4 is 11.4 Å². The lowest BCUT2D eigenvalue weighted by atomic mass is 9.61. The fourth-order valence-corrected chi connectivity index (χ4v) is 9.58. The highest BCUT2D eigenvalue weighted by Gasteiger charge is 2.57. The van der Waals surface area contributed by atoms with Gasteiger partial charge in [0.25, 0.3) is 0 Å². The SMILES string of the molecule is Nc1ccc(-c2ccc3c(c2)C2C=C(C4=CC(c5ccc(-c6ccccc6)cc5)=NC(c5ccccc5)N4)C=CC2C32c3ccccc3Oc3ccccc32)cc1. The Kier molecular flexibility index (Phi) is 7.71. The number of para-hydroxylation sites is 2. The molecular formula is C53H39N3O. The molecule has 1 spiro atoms. The van der Waals surface area contributed by atoms with Crippen molar-refractivity contribution in [1.29, 1.82) is 0 Å². The lowest BCUT2D eigenvalue weighted by molar-refractivity contribution is 0.373. The van der Waals surface area contributed by atoms with Crippen molar-refractivity contribution in [2.45, 2.75) is 17.5 Å². The lowest BCUT2D eigenvalue weighted by Crippen LogP contribution is -2.38. The molecule has 0 fully saturated rings. The van der Waals surface area contributed by atoms with E-state index in [4.69, 9.17) is 15.5 Å². The van der Waals surface area contributed by atoms with Crippen LogP contribution in [0.2, 0.25) is 0 Å². The molecule has 0 saturated carbocycles. The third kappa shape index (κ3) is 5.40. The highest BCUT2D eigenvalue weighted by Crippen LogP contribution is 2.65. The molecule has 0 aromatic heterocycles. The summed E-state index contributed by atoms with van der Waals surface area (Å²) in [6.45, 7) is 0. The summed E-state index contributed by atoms with van der Waals surface area (Å²) in [5.41, 5.74) is 21.6. The Hall–Kier alpha value is -7.17. The van der Waals surface area contributed by atoms with Gasteiger partial charge in [-0.05, 0) is 80.4 Å².